The summed E-state index contributed by atoms with van der Waals surface area (Å²) >= 11 is 7.39. The molecule has 3 aromatic rings. The van der Waals surface area contributed by atoms with E-state index in [1.807, 2.05) is 48.5 Å². The molecule has 0 radical (unpaired) electrons. The van der Waals surface area contributed by atoms with E-state index in [4.69, 9.17) is 26.9 Å². The van der Waals surface area contributed by atoms with Gasteiger partial charge in [-0.15, -0.1) is 10.2 Å². The molecule has 3 rings (SSSR count). The molecule has 2 aromatic carbocycles. The Morgan fingerprint density at radius 2 is 1.73 bits per heavy atom. The molecule has 0 fully saturated rings. The van der Waals surface area contributed by atoms with Crippen LogP contribution in [0.2, 0.25) is 5.02 Å². The van der Waals surface area contributed by atoms with Gasteiger partial charge in [-0.05, 0) is 55.0 Å². The highest BCUT2D eigenvalue weighted by Gasteiger charge is 2.12. The van der Waals surface area contributed by atoms with Crippen LogP contribution in [0.4, 0.5) is 0 Å². The Morgan fingerprint density at radius 1 is 1.04 bits per heavy atom. The first-order valence-electron chi connectivity index (χ1n) is 8.03. The molecule has 0 atom stereocenters. The van der Waals surface area contributed by atoms with Crippen LogP contribution in [0.3, 0.4) is 0 Å². The molecule has 136 valence electrons. The smallest absolute Gasteiger partial charge is 0.210 e. The largest absolute Gasteiger partial charge is 0.497 e. The summed E-state index contributed by atoms with van der Waals surface area (Å²) in [5.74, 6) is 9.16. The van der Waals surface area contributed by atoms with Gasteiger partial charge in [-0.2, -0.15) is 0 Å². The van der Waals surface area contributed by atoms with Gasteiger partial charge in [-0.1, -0.05) is 23.4 Å². The Balaban J connectivity index is 1.49. The van der Waals surface area contributed by atoms with Crippen molar-refractivity contribution in [3.05, 3.63) is 53.6 Å². The molecule has 8 heteroatoms. The van der Waals surface area contributed by atoms with E-state index in [1.54, 1.807) is 18.9 Å². The normalized spacial score (nSPS) is 10.7. The van der Waals surface area contributed by atoms with E-state index in [2.05, 4.69) is 10.2 Å². The zero-order valence-electron chi connectivity index (χ0n) is 14.3. The van der Waals surface area contributed by atoms with Crippen molar-refractivity contribution in [3.8, 4) is 22.9 Å². The third kappa shape index (κ3) is 4.62. The lowest BCUT2D eigenvalue weighted by Crippen LogP contribution is -2.11. The highest BCUT2D eigenvalue weighted by atomic mass is 35.5. The van der Waals surface area contributed by atoms with Gasteiger partial charge in [-0.25, -0.2) is 4.68 Å². The van der Waals surface area contributed by atoms with Crippen LogP contribution in [0.15, 0.2) is 53.7 Å². The molecule has 0 aliphatic heterocycles. The first-order valence-corrected chi connectivity index (χ1v) is 9.40. The maximum absolute atomic E-state index is 6.12. The molecule has 0 aliphatic rings. The highest BCUT2D eigenvalue weighted by Crippen LogP contribution is 2.24. The Kier molecular flexibility index (Phi) is 6.25. The minimum absolute atomic E-state index is 0.610. The van der Waals surface area contributed by atoms with E-state index in [0.717, 1.165) is 29.2 Å². The third-order valence-electron chi connectivity index (χ3n) is 3.61. The second kappa shape index (κ2) is 8.82. The second-order valence-electron chi connectivity index (χ2n) is 5.41. The van der Waals surface area contributed by atoms with Crippen LogP contribution in [-0.2, 0) is 0 Å². The molecular weight excluding hydrogens is 372 g/mol. The lowest BCUT2D eigenvalue weighted by Gasteiger charge is -2.06. The maximum Gasteiger partial charge on any atom is 0.210 e. The molecule has 1 heterocycles. The number of hydrogen-bond acceptors (Lipinski definition) is 6. The lowest BCUT2D eigenvalue weighted by atomic mass is 10.2. The fourth-order valence-corrected chi connectivity index (χ4v) is 3.15. The number of nitrogens with zero attached hydrogens (tertiary/aromatic N) is 3. The van der Waals surface area contributed by atoms with Crippen LogP contribution < -0.4 is 15.3 Å². The van der Waals surface area contributed by atoms with Crippen LogP contribution in [0.5, 0.6) is 11.5 Å². The van der Waals surface area contributed by atoms with E-state index >= 15 is 0 Å². The highest BCUT2D eigenvalue weighted by molar-refractivity contribution is 7.99. The zero-order valence-corrected chi connectivity index (χ0v) is 15.8. The fourth-order valence-electron chi connectivity index (χ4n) is 2.26. The number of thioether (sulfide) groups is 1. The summed E-state index contributed by atoms with van der Waals surface area (Å²) in [7, 11) is 1.63. The van der Waals surface area contributed by atoms with E-state index in [-0.39, 0.29) is 0 Å². The van der Waals surface area contributed by atoms with Gasteiger partial charge in [0.1, 0.15) is 11.5 Å². The predicted molar refractivity (Wildman–Crippen MR) is 104 cm³/mol. The van der Waals surface area contributed by atoms with Crippen molar-refractivity contribution in [2.45, 2.75) is 11.6 Å². The molecule has 6 nitrogen and oxygen atoms in total. The van der Waals surface area contributed by atoms with Crippen molar-refractivity contribution < 1.29 is 9.47 Å². The SMILES string of the molecule is COc1ccc(-c2nnc(SCCCOc3ccc(Cl)cc3)n2N)cc1. The number of ether oxygens (including phenoxy) is 2. The van der Waals surface area contributed by atoms with Crippen molar-refractivity contribution in [1.82, 2.24) is 14.9 Å². The van der Waals surface area contributed by atoms with Gasteiger partial charge in [0, 0.05) is 16.3 Å². The fraction of sp³-hybridized carbons (Fsp3) is 0.222. The molecular formula is C18H19ClN4O2S. The summed E-state index contributed by atoms with van der Waals surface area (Å²) in [5.41, 5.74) is 0.888. The van der Waals surface area contributed by atoms with Gasteiger partial charge < -0.3 is 15.3 Å². The topological polar surface area (TPSA) is 75.2 Å². The lowest BCUT2D eigenvalue weighted by molar-refractivity contribution is 0.318. The first-order chi connectivity index (χ1) is 12.7. The Bertz CT molecular complexity index is 837. The summed E-state index contributed by atoms with van der Waals surface area (Å²) in [6.07, 6.45) is 0.859. The summed E-state index contributed by atoms with van der Waals surface area (Å²) in [6.45, 7) is 0.610. The molecule has 0 spiro atoms. The number of nitrogens with two attached hydrogens (primary N) is 1. The van der Waals surface area contributed by atoms with Gasteiger partial charge in [0.25, 0.3) is 0 Å². The molecule has 0 unspecified atom stereocenters. The molecule has 0 amide bonds. The molecule has 26 heavy (non-hydrogen) atoms. The second-order valence-corrected chi connectivity index (χ2v) is 6.91. The van der Waals surface area contributed by atoms with Crippen LogP contribution in [0.1, 0.15) is 6.42 Å². The third-order valence-corrected chi connectivity index (χ3v) is 4.90. The molecule has 0 bridgehead atoms. The van der Waals surface area contributed by atoms with Gasteiger partial charge in [0.05, 0.1) is 13.7 Å². The zero-order chi connectivity index (χ0) is 18.4. The average Bonchev–Trinajstić information content (AvgIpc) is 3.03. The van der Waals surface area contributed by atoms with Crippen molar-refractivity contribution in [2.24, 2.45) is 0 Å². The number of benzene rings is 2. The van der Waals surface area contributed by atoms with E-state index in [1.165, 1.54) is 4.68 Å². The monoisotopic (exact) mass is 390 g/mol. The molecule has 0 aliphatic carbocycles. The number of halogens is 1. The van der Waals surface area contributed by atoms with Gasteiger partial charge in [-0.3, -0.25) is 0 Å². The molecule has 0 saturated carbocycles. The van der Waals surface area contributed by atoms with Gasteiger partial charge >= 0.3 is 0 Å². The van der Waals surface area contributed by atoms with Crippen molar-refractivity contribution in [2.75, 3.05) is 25.3 Å². The summed E-state index contributed by atoms with van der Waals surface area (Å²) in [6, 6.07) is 14.9. The summed E-state index contributed by atoms with van der Waals surface area (Å²) in [4.78, 5) is 0. The summed E-state index contributed by atoms with van der Waals surface area (Å²) in [5, 5.41) is 9.71. The Morgan fingerprint density at radius 3 is 2.42 bits per heavy atom. The number of hydrogen-bond donors (Lipinski definition) is 1. The Labute approximate surface area is 161 Å². The summed E-state index contributed by atoms with van der Waals surface area (Å²) < 4.78 is 12.3. The number of rotatable bonds is 8. The van der Waals surface area contributed by atoms with Crippen molar-refractivity contribution in [1.29, 1.82) is 0 Å². The quantitative estimate of drug-likeness (QED) is 0.357. The average molecular weight is 391 g/mol. The first kappa shape index (κ1) is 18.4. The van der Waals surface area contributed by atoms with Crippen molar-refractivity contribution >= 4 is 23.4 Å². The molecule has 0 saturated heterocycles. The molecule has 2 N–H and O–H groups in total. The van der Waals surface area contributed by atoms with Gasteiger partial charge in [0.15, 0.2) is 5.82 Å². The number of methoxy groups -OCH3 is 1. The maximum atomic E-state index is 6.12. The predicted octanol–water partition coefficient (Wildman–Crippen LogP) is 3.88. The van der Waals surface area contributed by atoms with E-state index < -0.39 is 0 Å². The molecule has 1 aromatic heterocycles. The van der Waals surface area contributed by atoms with Crippen LogP contribution in [-0.4, -0.2) is 34.3 Å². The van der Waals surface area contributed by atoms with Crippen molar-refractivity contribution in [3.63, 3.8) is 0 Å². The number of aromatic nitrogens is 3. The van der Waals surface area contributed by atoms with Gasteiger partial charge in [0.2, 0.25) is 5.16 Å². The van der Waals surface area contributed by atoms with Crippen LogP contribution >= 0.6 is 23.4 Å². The van der Waals surface area contributed by atoms with E-state index in [9.17, 15) is 0 Å². The minimum atomic E-state index is 0.610. The minimum Gasteiger partial charge on any atom is -0.497 e. The van der Waals surface area contributed by atoms with Crippen LogP contribution in [0.25, 0.3) is 11.4 Å². The van der Waals surface area contributed by atoms with Crippen LogP contribution in [0, 0.1) is 0 Å². The Hall–Kier alpha value is -2.38. The van der Waals surface area contributed by atoms with E-state index in [0.29, 0.717) is 22.6 Å². The number of nitrogen functional groups attached to an aromatic ring is 1. The standard InChI is InChI=1S/C18H19ClN4O2S/c1-24-15-7-3-13(4-8-15)17-21-22-18(23(17)20)26-12-2-11-25-16-9-5-14(19)6-10-16/h3-10H,2,11-12,20H2,1H3.